The Morgan fingerprint density at radius 3 is 2.20 bits per heavy atom. The number of carbonyl (C=O) groups excluding carboxylic acids is 2. The fraction of sp³-hybridized carbons (Fsp3) is 0.500. The van der Waals surface area contributed by atoms with Gasteiger partial charge in [-0.25, -0.2) is 0 Å². The van der Waals surface area contributed by atoms with Gasteiger partial charge in [-0.1, -0.05) is 17.7 Å². The van der Waals surface area contributed by atoms with Gasteiger partial charge in [0.15, 0.2) is 0 Å². The molecular weight excluding hydrogens is 254 g/mol. The van der Waals surface area contributed by atoms with Crippen molar-refractivity contribution in [3.8, 4) is 0 Å². The molecule has 4 nitrogen and oxygen atoms in total. The van der Waals surface area contributed by atoms with Crippen LogP contribution in [-0.4, -0.2) is 37.0 Å². The highest BCUT2D eigenvalue weighted by Gasteiger charge is 2.17. The lowest BCUT2D eigenvalue weighted by molar-refractivity contribution is -0.143. The van der Waals surface area contributed by atoms with Crippen LogP contribution >= 0.6 is 0 Å². The van der Waals surface area contributed by atoms with Crippen LogP contribution in [0.1, 0.15) is 40.4 Å². The van der Waals surface area contributed by atoms with Crippen molar-refractivity contribution in [2.24, 2.45) is 0 Å². The smallest absolute Gasteiger partial charge is 0.307 e. The van der Waals surface area contributed by atoms with E-state index in [-0.39, 0.29) is 18.3 Å². The van der Waals surface area contributed by atoms with E-state index in [4.69, 9.17) is 4.74 Å². The molecule has 0 aromatic heterocycles. The molecule has 0 fully saturated rings. The maximum absolute atomic E-state index is 12.4. The Hall–Kier alpha value is -1.84. The summed E-state index contributed by atoms with van der Waals surface area (Å²) in [5, 5.41) is 0. The van der Waals surface area contributed by atoms with Crippen molar-refractivity contribution in [1.29, 1.82) is 0 Å². The summed E-state index contributed by atoms with van der Waals surface area (Å²) >= 11 is 0. The molecule has 1 amide bonds. The number of carbonyl (C=O) groups is 2. The Balaban J connectivity index is 2.77. The van der Waals surface area contributed by atoms with Crippen molar-refractivity contribution in [3.05, 3.63) is 34.4 Å². The lowest BCUT2D eigenvalue weighted by Crippen LogP contribution is -2.30. The molecule has 0 unspecified atom stereocenters. The van der Waals surface area contributed by atoms with Crippen LogP contribution in [0.5, 0.6) is 0 Å². The minimum absolute atomic E-state index is 0.0516. The van der Waals surface area contributed by atoms with Crippen LogP contribution in [-0.2, 0) is 9.53 Å². The number of amides is 1. The molecule has 1 aromatic rings. The van der Waals surface area contributed by atoms with Crippen LogP contribution in [0.2, 0.25) is 0 Å². The van der Waals surface area contributed by atoms with Gasteiger partial charge >= 0.3 is 5.97 Å². The van der Waals surface area contributed by atoms with Crippen LogP contribution < -0.4 is 0 Å². The summed E-state index contributed by atoms with van der Waals surface area (Å²) in [6.45, 7) is 8.39. The van der Waals surface area contributed by atoms with Crippen molar-refractivity contribution in [1.82, 2.24) is 4.90 Å². The molecule has 0 heterocycles. The average molecular weight is 277 g/mol. The molecule has 0 N–H and O–H groups in total. The molecule has 0 aliphatic carbocycles. The predicted molar refractivity (Wildman–Crippen MR) is 78.9 cm³/mol. The van der Waals surface area contributed by atoms with Gasteiger partial charge in [0.05, 0.1) is 13.0 Å². The van der Waals surface area contributed by atoms with Crippen molar-refractivity contribution >= 4 is 11.9 Å². The molecule has 110 valence electrons. The Bertz CT molecular complexity index is 485. The molecule has 4 heteroatoms. The Morgan fingerprint density at radius 1 is 1.15 bits per heavy atom. The van der Waals surface area contributed by atoms with E-state index in [1.54, 1.807) is 18.9 Å². The summed E-state index contributed by atoms with van der Waals surface area (Å²) in [4.78, 5) is 25.3. The Labute approximate surface area is 120 Å². The van der Waals surface area contributed by atoms with Gasteiger partial charge in [0, 0.05) is 19.2 Å². The second-order valence-corrected chi connectivity index (χ2v) is 5.06. The van der Waals surface area contributed by atoms with Crippen LogP contribution in [0, 0.1) is 20.8 Å². The van der Waals surface area contributed by atoms with Gasteiger partial charge in [-0.05, 0) is 38.8 Å². The van der Waals surface area contributed by atoms with Crippen molar-refractivity contribution in [3.63, 3.8) is 0 Å². The molecule has 0 aliphatic heterocycles. The predicted octanol–water partition coefficient (Wildman–Crippen LogP) is 2.64. The largest absolute Gasteiger partial charge is 0.466 e. The van der Waals surface area contributed by atoms with E-state index in [1.807, 2.05) is 32.9 Å². The fourth-order valence-corrected chi connectivity index (χ4v) is 2.30. The molecule has 0 bridgehead atoms. The molecule has 0 spiro atoms. The average Bonchev–Trinajstić information content (AvgIpc) is 2.34. The summed E-state index contributed by atoms with van der Waals surface area (Å²) in [5.74, 6) is -0.325. The third-order valence-corrected chi connectivity index (χ3v) is 3.19. The summed E-state index contributed by atoms with van der Waals surface area (Å²) in [6, 6.07) is 4.00. The lowest BCUT2D eigenvalue weighted by atomic mass is 9.99. The van der Waals surface area contributed by atoms with Crippen LogP contribution in [0.15, 0.2) is 12.1 Å². The second kappa shape index (κ2) is 7.08. The third-order valence-electron chi connectivity index (χ3n) is 3.19. The van der Waals surface area contributed by atoms with E-state index >= 15 is 0 Å². The number of ether oxygens (including phenoxy) is 1. The molecule has 20 heavy (non-hydrogen) atoms. The molecule has 0 radical (unpaired) electrons. The molecule has 1 aromatic carbocycles. The molecule has 0 atom stereocenters. The first-order valence-electron chi connectivity index (χ1n) is 6.85. The zero-order valence-corrected chi connectivity index (χ0v) is 12.9. The zero-order valence-electron chi connectivity index (χ0n) is 12.9. The van der Waals surface area contributed by atoms with E-state index < -0.39 is 0 Å². The Morgan fingerprint density at radius 2 is 1.70 bits per heavy atom. The minimum Gasteiger partial charge on any atom is -0.466 e. The van der Waals surface area contributed by atoms with Gasteiger partial charge in [0.2, 0.25) is 0 Å². The summed E-state index contributed by atoms with van der Waals surface area (Å²) in [5.41, 5.74) is 3.80. The van der Waals surface area contributed by atoms with Gasteiger partial charge in [-0.2, -0.15) is 0 Å². The summed E-state index contributed by atoms with van der Waals surface area (Å²) in [7, 11) is 1.71. The van der Waals surface area contributed by atoms with E-state index in [0.29, 0.717) is 13.2 Å². The Kier molecular flexibility index (Phi) is 5.74. The van der Waals surface area contributed by atoms with Gasteiger partial charge < -0.3 is 9.64 Å². The van der Waals surface area contributed by atoms with Gasteiger partial charge in [0.1, 0.15) is 0 Å². The van der Waals surface area contributed by atoms with Crippen LogP contribution in [0.3, 0.4) is 0 Å². The first-order chi connectivity index (χ1) is 9.36. The topological polar surface area (TPSA) is 46.6 Å². The maximum Gasteiger partial charge on any atom is 0.307 e. The van der Waals surface area contributed by atoms with Gasteiger partial charge in [-0.15, -0.1) is 0 Å². The number of benzene rings is 1. The fourth-order valence-electron chi connectivity index (χ4n) is 2.30. The monoisotopic (exact) mass is 277 g/mol. The van der Waals surface area contributed by atoms with Crippen LogP contribution in [0.25, 0.3) is 0 Å². The first kappa shape index (κ1) is 16.2. The molecule has 0 saturated carbocycles. The summed E-state index contributed by atoms with van der Waals surface area (Å²) < 4.78 is 4.86. The molecular formula is C16H23NO3. The molecule has 0 saturated heterocycles. The van der Waals surface area contributed by atoms with E-state index in [0.717, 1.165) is 22.3 Å². The van der Waals surface area contributed by atoms with Gasteiger partial charge in [-0.3, -0.25) is 9.59 Å². The minimum atomic E-state index is -0.274. The SMILES string of the molecule is CCOC(=O)CCN(C)C(=O)c1c(C)cc(C)cc1C. The number of esters is 1. The van der Waals surface area contributed by atoms with Crippen molar-refractivity contribution in [2.45, 2.75) is 34.1 Å². The number of aryl methyl sites for hydroxylation is 3. The van der Waals surface area contributed by atoms with Crippen LogP contribution in [0.4, 0.5) is 0 Å². The second-order valence-electron chi connectivity index (χ2n) is 5.06. The highest BCUT2D eigenvalue weighted by molar-refractivity contribution is 5.97. The van der Waals surface area contributed by atoms with E-state index in [2.05, 4.69) is 0 Å². The van der Waals surface area contributed by atoms with E-state index in [9.17, 15) is 9.59 Å². The van der Waals surface area contributed by atoms with Gasteiger partial charge in [0.25, 0.3) is 5.91 Å². The van der Waals surface area contributed by atoms with E-state index in [1.165, 1.54) is 0 Å². The quantitative estimate of drug-likeness (QED) is 0.777. The molecule has 1 rings (SSSR count). The highest BCUT2D eigenvalue weighted by atomic mass is 16.5. The summed E-state index contributed by atoms with van der Waals surface area (Å²) in [6.07, 6.45) is 0.222. The first-order valence-corrected chi connectivity index (χ1v) is 6.85. The number of hydrogen-bond donors (Lipinski definition) is 0. The number of nitrogens with zero attached hydrogens (tertiary/aromatic N) is 1. The normalized spacial score (nSPS) is 10.2. The maximum atomic E-state index is 12.4. The van der Waals surface area contributed by atoms with Crippen molar-refractivity contribution in [2.75, 3.05) is 20.2 Å². The molecule has 0 aliphatic rings. The number of hydrogen-bond acceptors (Lipinski definition) is 3. The third kappa shape index (κ3) is 4.08. The zero-order chi connectivity index (χ0) is 15.3. The van der Waals surface area contributed by atoms with Crippen molar-refractivity contribution < 1.29 is 14.3 Å². The highest BCUT2D eigenvalue weighted by Crippen LogP contribution is 2.18. The number of rotatable bonds is 5. The lowest BCUT2D eigenvalue weighted by Gasteiger charge is -2.19. The standard InChI is InChI=1S/C16H23NO3/c1-6-20-14(18)7-8-17(5)16(19)15-12(3)9-11(2)10-13(15)4/h9-10H,6-8H2,1-5H3.